The van der Waals surface area contributed by atoms with Crippen molar-refractivity contribution in [2.75, 3.05) is 12.4 Å². The summed E-state index contributed by atoms with van der Waals surface area (Å²) in [5, 5.41) is 14.5. The third-order valence-corrected chi connectivity index (χ3v) is 9.57. The van der Waals surface area contributed by atoms with E-state index in [-0.39, 0.29) is 22.8 Å². The number of methoxy groups -OCH3 is 1. The first-order chi connectivity index (χ1) is 23.3. The maximum Gasteiger partial charge on any atom is 0.269 e. The summed E-state index contributed by atoms with van der Waals surface area (Å²) in [6.45, 7) is 2.53. The number of hydrogen-bond acceptors (Lipinski definition) is 10. The predicted molar refractivity (Wildman–Crippen MR) is 183 cm³/mol. The van der Waals surface area contributed by atoms with Crippen LogP contribution in [0, 0.1) is 6.92 Å². The second-order valence-corrected chi connectivity index (χ2v) is 13.0. The molecule has 12 heteroatoms. The second-order valence-electron chi connectivity index (χ2n) is 11.2. The molecule has 0 spiro atoms. The van der Waals surface area contributed by atoms with Crippen molar-refractivity contribution in [1.29, 1.82) is 0 Å². The van der Waals surface area contributed by atoms with Crippen molar-refractivity contribution in [2.45, 2.75) is 25.0 Å². The highest BCUT2D eigenvalue weighted by atomic mass is 32.2. The normalized spacial score (nSPS) is 11.5. The molecular weight excluding hydrogens is 629 g/mol. The molecule has 0 radical (unpaired) electrons. The molecule has 0 fully saturated rings. The molecule has 0 aliphatic carbocycles. The number of rotatable bonds is 10. The molecule has 48 heavy (non-hydrogen) atoms. The molecule has 0 bridgehead atoms. The fraction of sp³-hybridized carbons (Fsp3) is 0.111. The fourth-order valence-electron chi connectivity index (χ4n) is 5.40. The highest BCUT2D eigenvalue weighted by molar-refractivity contribution is 7.90. The molecule has 4 aromatic heterocycles. The number of nitrogens with one attached hydrogen (secondary N) is 1. The van der Waals surface area contributed by atoms with Gasteiger partial charge >= 0.3 is 0 Å². The van der Waals surface area contributed by atoms with Crippen molar-refractivity contribution >= 4 is 37.8 Å². The van der Waals surface area contributed by atoms with E-state index in [1.54, 1.807) is 56.0 Å². The number of hydrogen-bond donors (Lipinski definition) is 2. The Hall–Kier alpha value is -6.01. The summed E-state index contributed by atoms with van der Waals surface area (Å²) in [6.07, 6.45) is 7.56. The highest BCUT2D eigenvalue weighted by Gasteiger charge is 2.25. The van der Waals surface area contributed by atoms with Gasteiger partial charge in [0, 0.05) is 29.9 Å². The van der Waals surface area contributed by atoms with Gasteiger partial charge in [0.2, 0.25) is 0 Å². The van der Waals surface area contributed by atoms with E-state index in [0.29, 0.717) is 34.7 Å². The molecule has 0 aliphatic rings. The Bertz CT molecular complexity index is 2380. The maximum absolute atomic E-state index is 14.0. The van der Waals surface area contributed by atoms with Gasteiger partial charge in [0.15, 0.2) is 5.65 Å². The summed E-state index contributed by atoms with van der Waals surface area (Å²) in [5.41, 5.74) is 4.94. The topological polar surface area (TPSA) is 141 Å². The van der Waals surface area contributed by atoms with Crippen molar-refractivity contribution < 1.29 is 23.0 Å². The number of fused-ring (bicyclic) bond motifs is 2. The van der Waals surface area contributed by atoms with Crippen LogP contribution in [0.4, 0.5) is 5.82 Å². The number of nitrogens with zero attached hydrogens (tertiary/aromatic N) is 5. The van der Waals surface area contributed by atoms with E-state index in [0.717, 1.165) is 33.3 Å². The molecule has 2 N–H and O–H groups in total. The molecule has 4 heterocycles. The van der Waals surface area contributed by atoms with Crippen LogP contribution in [0.1, 0.15) is 16.7 Å². The molecular formula is C36H30N6O5S. The highest BCUT2D eigenvalue weighted by Crippen LogP contribution is 2.37. The number of pyridine rings is 2. The average molecular weight is 659 g/mol. The van der Waals surface area contributed by atoms with E-state index < -0.39 is 10.0 Å². The molecule has 0 amide bonds. The van der Waals surface area contributed by atoms with Gasteiger partial charge in [-0.25, -0.2) is 22.4 Å². The lowest BCUT2D eigenvalue weighted by Gasteiger charge is -2.10. The first-order valence-corrected chi connectivity index (χ1v) is 16.4. The smallest absolute Gasteiger partial charge is 0.269 e. The van der Waals surface area contributed by atoms with Gasteiger partial charge in [-0.3, -0.25) is 9.97 Å². The Kier molecular flexibility index (Phi) is 8.07. The van der Waals surface area contributed by atoms with Gasteiger partial charge < -0.3 is 19.9 Å². The number of ether oxygens (including phenoxy) is 2. The molecule has 7 rings (SSSR count). The van der Waals surface area contributed by atoms with E-state index >= 15 is 0 Å². The number of aryl methyl sites for hydroxylation is 1. The van der Waals surface area contributed by atoms with Crippen LogP contribution in [0.5, 0.6) is 17.2 Å². The van der Waals surface area contributed by atoms with Crippen molar-refractivity contribution in [3.8, 4) is 28.4 Å². The van der Waals surface area contributed by atoms with Gasteiger partial charge in [0.1, 0.15) is 36.0 Å². The minimum absolute atomic E-state index is 0.0373. The van der Waals surface area contributed by atoms with Crippen LogP contribution in [0.15, 0.2) is 115 Å². The van der Waals surface area contributed by atoms with Crippen molar-refractivity contribution in [3.63, 3.8) is 0 Å². The number of benzene rings is 3. The lowest BCUT2D eigenvalue weighted by atomic mass is 10.0. The van der Waals surface area contributed by atoms with Crippen molar-refractivity contribution in [2.24, 2.45) is 0 Å². The molecule has 0 saturated carbocycles. The van der Waals surface area contributed by atoms with Crippen LogP contribution in [0.3, 0.4) is 0 Å². The molecule has 7 aromatic rings. The molecule has 3 aromatic carbocycles. The lowest BCUT2D eigenvalue weighted by Crippen LogP contribution is -2.12. The third-order valence-electron chi connectivity index (χ3n) is 7.90. The molecule has 0 unspecified atom stereocenters. The Balaban J connectivity index is 1.31. The standard InChI is InChI=1S/C36H30N6O5S/c1-23-3-10-31(11-4-23)48(44,45)42-20-32(34-35(40-22-41-36(34)42)39-17-25-13-28(43)18-37-16-25)26-7-12-33-27(14-26)15-30(19-38-33)47-21-24-5-8-29(46-2)9-6-24/h3-16,18-20,22,43H,17,21H2,1-2H3,(H,39,40,41). The number of anilines is 1. The number of aromatic hydroxyl groups is 1. The van der Waals surface area contributed by atoms with Crippen LogP contribution >= 0.6 is 0 Å². The zero-order valence-electron chi connectivity index (χ0n) is 26.0. The van der Waals surface area contributed by atoms with Crippen LogP contribution < -0.4 is 14.8 Å². The van der Waals surface area contributed by atoms with Crippen LogP contribution in [0.2, 0.25) is 0 Å². The van der Waals surface area contributed by atoms with Crippen LogP contribution in [0.25, 0.3) is 33.1 Å². The van der Waals surface area contributed by atoms with E-state index in [1.165, 1.54) is 16.5 Å². The third kappa shape index (κ3) is 6.08. The van der Waals surface area contributed by atoms with E-state index in [9.17, 15) is 13.5 Å². The van der Waals surface area contributed by atoms with Gasteiger partial charge in [-0.05, 0) is 72.1 Å². The monoisotopic (exact) mass is 658 g/mol. The minimum Gasteiger partial charge on any atom is -0.506 e. The van der Waals surface area contributed by atoms with Crippen molar-refractivity contribution in [3.05, 3.63) is 127 Å². The number of aromatic nitrogens is 5. The summed E-state index contributed by atoms with van der Waals surface area (Å²) in [7, 11) is -2.41. The van der Waals surface area contributed by atoms with Crippen LogP contribution in [-0.4, -0.2) is 44.5 Å². The van der Waals surface area contributed by atoms with Gasteiger partial charge in [-0.15, -0.1) is 0 Å². The zero-order chi connectivity index (χ0) is 33.3. The Morgan fingerprint density at radius 1 is 0.854 bits per heavy atom. The molecule has 240 valence electrons. The average Bonchev–Trinajstić information content (AvgIpc) is 3.51. The Morgan fingerprint density at radius 3 is 2.44 bits per heavy atom. The molecule has 0 aliphatic heterocycles. The summed E-state index contributed by atoms with van der Waals surface area (Å²) in [6, 6.07) is 23.5. The van der Waals surface area contributed by atoms with E-state index in [1.807, 2.05) is 55.5 Å². The summed E-state index contributed by atoms with van der Waals surface area (Å²) in [4.78, 5) is 17.7. The maximum atomic E-state index is 14.0. The molecule has 0 saturated heterocycles. The minimum atomic E-state index is -4.03. The lowest BCUT2D eigenvalue weighted by molar-refractivity contribution is 0.305. The van der Waals surface area contributed by atoms with E-state index in [2.05, 4.69) is 25.3 Å². The Labute approximate surface area is 276 Å². The second kappa shape index (κ2) is 12.6. The first kappa shape index (κ1) is 30.6. The SMILES string of the molecule is COc1ccc(COc2cnc3ccc(-c4cn(S(=O)(=O)c5ccc(C)cc5)c5ncnc(NCc6cncc(O)c6)c45)cc3c2)cc1. The fourth-order valence-corrected chi connectivity index (χ4v) is 6.71. The Morgan fingerprint density at radius 2 is 1.67 bits per heavy atom. The first-order valence-electron chi connectivity index (χ1n) is 15.0. The predicted octanol–water partition coefficient (Wildman–Crippen LogP) is 6.49. The van der Waals surface area contributed by atoms with Crippen molar-refractivity contribution in [1.82, 2.24) is 23.9 Å². The molecule has 11 nitrogen and oxygen atoms in total. The van der Waals surface area contributed by atoms with Gasteiger partial charge in [0.05, 0.1) is 35.3 Å². The van der Waals surface area contributed by atoms with Crippen LogP contribution in [-0.2, 0) is 23.2 Å². The summed E-state index contributed by atoms with van der Waals surface area (Å²) >= 11 is 0. The molecule has 0 atom stereocenters. The zero-order valence-corrected chi connectivity index (χ0v) is 26.8. The quantitative estimate of drug-likeness (QED) is 0.167. The van der Waals surface area contributed by atoms with Gasteiger partial charge in [-0.1, -0.05) is 35.9 Å². The van der Waals surface area contributed by atoms with Gasteiger partial charge in [0.25, 0.3) is 10.0 Å². The largest absolute Gasteiger partial charge is 0.506 e. The van der Waals surface area contributed by atoms with Gasteiger partial charge in [-0.2, -0.15) is 0 Å². The summed E-state index contributed by atoms with van der Waals surface area (Å²) in [5.74, 6) is 1.82. The summed E-state index contributed by atoms with van der Waals surface area (Å²) < 4.78 is 40.5. The van der Waals surface area contributed by atoms with E-state index in [4.69, 9.17) is 9.47 Å².